The smallest absolute Gasteiger partial charge is 0.287 e. The Balaban J connectivity index is 1.75. The molecular weight excluding hydrogens is 404 g/mol. The zero-order chi connectivity index (χ0) is 20.3. The van der Waals surface area contributed by atoms with Crippen LogP contribution >= 0.6 is 11.6 Å². The summed E-state index contributed by atoms with van der Waals surface area (Å²) in [5.74, 6) is -1.58. The molecule has 0 saturated carbocycles. The van der Waals surface area contributed by atoms with Crippen LogP contribution in [0.25, 0.3) is 11.0 Å². The maximum atomic E-state index is 12.5. The maximum absolute atomic E-state index is 12.5. The minimum absolute atomic E-state index is 0.120. The van der Waals surface area contributed by atoms with Gasteiger partial charge in [0.05, 0.1) is 12.3 Å². The fraction of sp³-hybridized carbons (Fsp3) is 0.158. The monoisotopic (exact) mass is 420 g/mol. The molecule has 2 aromatic carbocycles. The summed E-state index contributed by atoms with van der Waals surface area (Å²) in [6.07, 6.45) is 1.08. The van der Waals surface area contributed by atoms with E-state index in [1.807, 2.05) is 0 Å². The summed E-state index contributed by atoms with van der Waals surface area (Å²) in [6, 6.07) is 13.3. The van der Waals surface area contributed by atoms with Crippen molar-refractivity contribution >= 4 is 49.9 Å². The van der Waals surface area contributed by atoms with Crippen LogP contribution in [-0.4, -0.2) is 33.0 Å². The summed E-state index contributed by atoms with van der Waals surface area (Å²) in [4.78, 5) is 24.6. The fourth-order valence-electron chi connectivity index (χ4n) is 2.67. The van der Waals surface area contributed by atoms with Gasteiger partial charge in [0.25, 0.3) is 5.91 Å². The first-order chi connectivity index (χ1) is 13.2. The summed E-state index contributed by atoms with van der Waals surface area (Å²) in [5.41, 5.74) is 1.20. The highest BCUT2D eigenvalue weighted by Crippen LogP contribution is 2.27. The third-order valence-corrected chi connectivity index (χ3v) is 4.91. The van der Waals surface area contributed by atoms with E-state index >= 15 is 0 Å². The Labute approximate surface area is 166 Å². The molecule has 0 saturated heterocycles. The molecule has 3 rings (SSSR count). The van der Waals surface area contributed by atoms with Crippen LogP contribution in [0.5, 0.6) is 0 Å². The Hall–Kier alpha value is -2.84. The van der Waals surface area contributed by atoms with E-state index in [0.717, 1.165) is 6.26 Å². The van der Waals surface area contributed by atoms with Crippen molar-refractivity contribution in [1.29, 1.82) is 0 Å². The lowest BCUT2D eigenvalue weighted by Crippen LogP contribution is -2.33. The Morgan fingerprint density at radius 2 is 1.75 bits per heavy atom. The molecule has 0 atom stereocenters. The van der Waals surface area contributed by atoms with Gasteiger partial charge in [0.1, 0.15) is 5.58 Å². The third-order valence-electron chi connectivity index (χ3n) is 3.85. The molecule has 7 nitrogen and oxygen atoms in total. The van der Waals surface area contributed by atoms with Gasteiger partial charge in [-0.05, 0) is 30.3 Å². The second-order valence-corrected chi connectivity index (χ2v) is 8.79. The highest BCUT2D eigenvalue weighted by atomic mass is 35.5. The van der Waals surface area contributed by atoms with E-state index in [-0.39, 0.29) is 23.6 Å². The van der Waals surface area contributed by atoms with Crippen molar-refractivity contribution in [3.05, 3.63) is 64.9 Å². The number of anilines is 1. The normalized spacial score (nSPS) is 11.4. The van der Waals surface area contributed by atoms with Crippen molar-refractivity contribution < 1.29 is 22.4 Å². The van der Waals surface area contributed by atoms with Gasteiger partial charge in [-0.1, -0.05) is 29.8 Å². The number of nitrogens with one attached hydrogen (secondary N) is 2. The predicted octanol–water partition coefficient (Wildman–Crippen LogP) is 3.00. The minimum Gasteiger partial charge on any atom is -0.451 e. The van der Waals surface area contributed by atoms with E-state index in [9.17, 15) is 18.0 Å². The first-order valence-corrected chi connectivity index (χ1v) is 10.7. The van der Waals surface area contributed by atoms with E-state index in [2.05, 4.69) is 10.6 Å². The van der Waals surface area contributed by atoms with Gasteiger partial charge in [0.15, 0.2) is 15.6 Å². The molecule has 28 heavy (non-hydrogen) atoms. The van der Waals surface area contributed by atoms with Crippen molar-refractivity contribution in [1.82, 2.24) is 5.32 Å². The number of carbonyl (C=O) groups excluding carboxylic acids is 2. The summed E-state index contributed by atoms with van der Waals surface area (Å²) in [7, 11) is -3.40. The van der Waals surface area contributed by atoms with E-state index in [0.29, 0.717) is 21.7 Å². The zero-order valence-corrected chi connectivity index (χ0v) is 16.4. The second-order valence-electron chi connectivity index (χ2n) is 6.21. The highest BCUT2D eigenvalue weighted by molar-refractivity contribution is 7.89. The average Bonchev–Trinajstić information content (AvgIpc) is 2.99. The quantitative estimate of drug-likeness (QED) is 0.637. The van der Waals surface area contributed by atoms with Gasteiger partial charge in [-0.2, -0.15) is 0 Å². The van der Waals surface area contributed by atoms with Crippen molar-refractivity contribution in [3.63, 3.8) is 0 Å². The van der Waals surface area contributed by atoms with Crippen LogP contribution in [0.4, 0.5) is 5.69 Å². The van der Waals surface area contributed by atoms with Gasteiger partial charge in [-0.15, -0.1) is 0 Å². The number of carbonyl (C=O) groups is 2. The van der Waals surface area contributed by atoms with Crippen LogP contribution in [0.3, 0.4) is 0 Å². The van der Waals surface area contributed by atoms with Crippen LogP contribution in [0.2, 0.25) is 5.02 Å². The number of sulfone groups is 1. The molecule has 0 bridgehead atoms. The maximum Gasteiger partial charge on any atom is 0.287 e. The number of hydrogen-bond acceptors (Lipinski definition) is 5. The van der Waals surface area contributed by atoms with E-state index in [1.165, 1.54) is 0 Å². The number of furan rings is 1. The zero-order valence-electron chi connectivity index (χ0n) is 14.9. The molecule has 3 aromatic rings. The van der Waals surface area contributed by atoms with Gasteiger partial charge in [0, 0.05) is 27.9 Å². The van der Waals surface area contributed by atoms with Crippen molar-refractivity contribution in [2.45, 2.75) is 5.75 Å². The van der Waals surface area contributed by atoms with Gasteiger partial charge in [-0.3, -0.25) is 9.59 Å². The Morgan fingerprint density at radius 1 is 1.07 bits per heavy atom. The number of para-hydroxylation sites is 1. The standard InChI is InChI=1S/C19H17ClN2O5S/c1-28(25,26)11-15-14-4-2-3-5-16(14)27-18(15)19(24)21-10-17(23)22-13-8-6-12(20)7-9-13/h2-9H,10-11H2,1H3,(H,21,24)(H,22,23). The molecule has 0 spiro atoms. The third kappa shape index (κ3) is 4.90. The largest absolute Gasteiger partial charge is 0.451 e. The van der Waals surface area contributed by atoms with Gasteiger partial charge in [0.2, 0.25) is 5.91 Å². The highest BCUT2D eigenvalue weighted by Gasteiger charge is 2.23. The molecule has 146 valence electrons. The summed E-state index contributed by atoms with van der Waals surface area (Å²) < 4.78 is 29.1. The lowest BCUT2D eigenvalue weighted by molar-refractivity contribution is -0.115. The molecule has 0 aliphatic heterocycles. The summed E-state index contributed by atoms with van der Waals surface area (Å²) >= 11 is 5.79. The van der Waals surface area contributed by atoms with E-state index in [4.69, 9.17) is 16.0 Å². The SMILES string of the molecule is CS(=O)(=O)Cc1c(C(=O)NCC(=O)Nc2ccc(Cl)cc2)oc2ccccc12. The molecule has 0 unspecified atom stereocenters. The number of amides is 2. The van der Waals surface area contributed by atoms with Gasteiger partial charge < -0.3 is 15.1 Å². The average molecular weight is 421 g/mol. The molecule has 0 fully saturated rings. The van der Waals surface area contributed by atoms with Gasteiger partial charge >= 0.3 is 0 Å². The van der Waals surface area contributed by atoms with Crippen molar-refractivity contribution in [2.24, 2.45) is 0 Å². The van der Waals surface area contributed by atoms with E-state index in [1.54, 1.807) is 48.5 Å². The van der Waals surface area contributed by atoms with E-state index < -0.39 is 21.7 Å². The minimum atomic E-state index is -3.40. The molecule has 1 heterocycles. The predicted molar refractivity (Wildman–Crippen MR) is 107 cm³/mol. The lowest BCUT2D eigenvalue weighted by Gasteiger charge is -2.07. The number of benzene rings is 2. The fourth-order valence-corrected chi connectivity index (χ4v) is 3.60. The van der Waals surface area contributed by atoms with Crippen LogP contribution in [0.1, 0.15) is 16.1 Å². The topological polar surface area (TPSA) is 105 Å². The Kier molecular flexibility index (Phi) is 5.71. The molecule has 9 heteroatoms. The Morgan fingerprint density at radius 3 is 2.43 bits per heavy atom. The molecule has 0 aliphatic rings. The first kappa shape index (κ1) is 19.9. The van der Waals surface area contributed by atoms with Crippen LogP contribution < -0.4 is 10.6 Å². The number of rotatable bonds is 6. The van der Waals surface area contributed by atoms with Crippen LogP contribution in [0, 0.1) is 0 Å². The van der Waals surface area contributed by atoms with Crippen LogP contribution in [-0.2, 0) is 20.4 Å². The second kappa shape index (κ2) is 8.04. The molecule has 2 N–H and O–H groups in total. The Bertz CT molecular complexity index is 1140. The molecular formula is C19H17ClN2O5S. The lowest BCUT2D eigenvalue weighted by atomic mass is 10.1. The number of halogens is 1. The van der Waals surface area contributed by atoms with Crippen molar-refractivity contribution in [2.75, 3.05) is 18.1 Å². The number of hydrogen-bond donors (Lipinski definition) is 2. The number of fused-ring (bicyclic) bond motifs is 1. The van der Waals surface area contributed by atoms with Gasteiger partial charge in [-0.25, -0.2) is 8.42 Å². The van der Waals surface area contributed by atoms with Crippen molar-refractivity contribution in [3.8, 4) is 0 Å². The summed E-state index contributed by atoms with van der Waals surface area (Å²) in [6.45, 7) is -0.309. The first-order valence-electron chi connectivity index (χ1n) is 8.25. The molecule has 1 aromatic heterocycles. The molecule has 0 radical (unpaired) electrons. The van der Waals surface area contributed by atoms with Crippen LogP contribution in [0.15, 0.2) is 52.9 Å². The molecule has 2 amide bonds. The molecule has 0 aliphatic carbocycles. The summed E-state index contributed by atoms with van der Waals surface area (Å²) in [5, 5.41) is 6.15.